The molecule has 2 aromatic rings. The van der Waals surface area contributed by atoms with Crippen molar-refractivity contribution in [1.29, 1.82) is 0 Å². The summed E-state index contributed by atoms with van der Waals surface area (Å²) in [5.41, 5.74) is 6.31. The van der Waals surface area contributed by atoms with E-state index in [1.807, 2.05) is 38.1 Å². The summed E-state index contributed by atoms with van der Waals surface area (Å²) >= 11 is 0. The number of nitrogens with zero attached hydrogens (tertiary/aromatic N) is 1. The number of primary amides is 1. The maximum atomic E-state index is 14.4. The summed E-state index contributed by atoms with van der Waals surface area (Å²) in [6.45, 7) is 7.38. The van der Waals surface area contributed by atoms with E-state index in [0.717, 1.165) is 24.5 Å². The lowest BCUT2D eigenvalue weighted by Gasteiger charge is -2.44. The highest BCUT2D eigenvalue weighted by Gasteiger charge is 2.58. The van der Waals surface area contributed by atoms with Crippen molar-refractivity contribution in [2.24, 2.45) is 17.1 Å². The predicted molar refractivity (Wildman–Crippen MR) is 167 cm³/mol. The predicted octanol–water partition coefficient (Wildman–Crippen LogP) is 5.21. The minimum absolute atomic E-state index is 0.0199. The molecule has 0 aromatic heterocycles. The summed E-state index contributed by atoms with van der Waals surface area (Å²) < 4.78 is 34.1. The van der Waals surface area contributed by atoms with Gasteiger partial charge in [-0.05, 0) is 80.8 Å². The summed E-state index contributed by atoms with van der Waals surface area (Å²) in [5, 5.41) is 15.7. The van der Waals surface area contributed by atoms with Gasteiger partial charge in [0.2, 0.25) is 11.8 Å². The molecule has 1 fully saturated rings. The number of nitrogens with two attached hydrogens (primary N) is 1. The molecular formula is C35H45F2N3O4. The molecule has 4 N–H and O–H groups in total. The number of rotatable bonds is 15. The molecule has 7 nitrogen and oxygen atoms in total. The molecule has 9 heteroatoms. The van der Waals surface area contributed by atoms with Gasteiger partial charge in [-0.25, -0.2) is 8.78 Å². The van der Waals surface area contributed by atoms with Crippen LogP contribution < -0.4 is 15.8 Å². The van der Waals surface area contributed by atoms with E-state index in [1.165, 1.54) is 12.1 Å². The Bertz CT molecular complexity index is 1390. The molecule has 0 radical (unpaired) electrons. The number of carbonyl (C=O) groups excluding carboxylic acids is 2. The van der Waals surface area contributed by atoms with E-state index >= 15 is 0 Å². The molecule has 2 amide bonds. The van der Waals surface area contributed by atoms with E-state index in [1.54, 1.807) is 31.1 Å². The number of aliphatic hydroxyl groups is 1. The van der Waals surface area contributed by atoms with E-state index in [4.69, 9.17) is 10.5 Å². The summed E-state index contributed by atoms with van der Waals surface area (Å²) in [7, 11) is 1.60. The first-order valence-electron chi connectivity index (χ1n) is 15.5. The lowest BCUT2D eigenvalue weighted by atomic mass is 9.62. The molecule has 2 aromatic carbocycles. The molecule has 2 aliphatic rings. The average Bonchev–Trinajstić information content (AvgIpc) is 3.78. The number of amides is 2. The van der Waals surface area contributed by atoms with Gasteiger partial charge in [0.15, 0.2) is 0 Å². The second-order valence-electron chi connectivity index (χ2n) is 12.3. The van der Waals surface area contributed by atoms with Gasteiger partial charge < -0.3 is 25.8 Å². The van der Waals surface area contributed by atoms with Gasteiger partial charge in [0.05, 0.1) is 18.6 Å². The highest BCUT2D eigenvalue weighted by Crippen LogP contribution is 2.51. The Balaban J connectivity index is 1.74. The number of allylic oxidation sites excluding steroid dienone is 2. The van der Waals surface area contributed by atoms with Crippen LogP contribution in [0.2, 0.25) is 0 Å². The van der Waals surface area contributed by atoms with Crippen LogP contribution in [0.25, 0.3) is 0 Å². The zero-order chi connectivity index (χ0) is 32.1. The number of ether oxygens (including phenoxy) is 1. The van der Waals surface area contributed by atoms with Gasteiger partial charge >= 0.3 is 0 Å². The normalized spacial score (nSPS) is 20.2. The van der Waals surface area contributed by atoms with Crippen LogP contribution in [0.5, 0.6) is 5.75 Å². The van der Waals surface area contributed by atoms with Crippen LogP contribution in [0.1, 0.15) is 64.0 Å². The fourth-order valence-electron chi connectivity index (χ4n) is 6.63. The molecular weight excluding hydrogens is 564 g/mol. The Morgan fingerprint density at radius 1 is 1.07 bits per heavy atom. The van der Waals surface area contributed by atoms with Gasteiger partial charge in [0.25, 0.3) is 0 Å². The van der Waals surface area contributed by atoms with Crippen molar-refractivity contribution in [3.63, 3.8) is 0 Å². The molecule has 0 bridgehead atoms. The number of benzene rings is 2. The summed E-state index contributed by atoms with van der Waals surface area (Å²) in [6.07, 6.45) is 5.16. The fourth-order valence-corrected chi connectivity index (χ4v) is 6.63. The highest BCUT2D eigenvalue weighted by molar-refractivity contribution is 5.97. The van der Waals surface area contributed by atoms with Gasteiger partial charge in [-0.15, -0.1) is 0 Å². The first kappa shape index (κ1) is 33.3. The number of hydrogen-bond donors (Lipinski definition) is 3. The van der Waals surface area contributed by atoms with Crippen LogP contribution in [0, 0.1) is 23.0 Å². The van der Waals surface area contributed by atoms with Crippen LogP contribution in [-0.4, -0.2) is 53.7 Å². The summed E-state index contributed by atoms with van der Waals surface area (Å²) in [6, 6.07) is 10.8. The third kappa shape index (κ3) is 7.38. The molecule has 2 aliphatic carbocycles. The maximum absolute atomic E-state index is 14.4. The van der Waals surface area contributed by atoms with E-state index in [9.17, 15) is 23.5 Å². The minimum Gasteiger partial charge on any atom is -0.497 e. The lowest BCUT2D eigenvalue weighted by Crippen LogP contribution is -2.56. The van der Waals surface area contributed by atoms with Crippen molar-refractivity contribution in [1.82, 2.24) is 10.2 Å². The quantitative estimate of drug-likeness (QED) is 0.257. The molecule has 3 atom stereocenters. The van der Waals surface area contributed by atoms with Gasteiger partial charge in [-0.3, -0.25) is 9.59 Å². The van der Waals surface area contributed by atoms with Gasteiger partial charge in [-0.2, -0.15) is 0 Å². The fraction of sp³-hybridized carbons (Fsp3) is 0.486. The second-order valence-corrected chi connectivity index (χ2v) is 12.3. The topological polar surface area (TPSA) is 105 Å². The first-order chi connectivity index (χ1) is 21.0. The number of hydrogen-bond acceptors (Lipinski definition) is 5. The maximum Gasteiger partial charge on any atom is 0.249 e. The van der Waals surface area contributed by atoms with Gasteiger partial charge in [-0.1, -0.05) is 43.7 Å². The zero-order valence-corrected chi connectivity index (χ0v) is 26.2. The van der Waals surface area contributed by atoms with Crippen molar-refractivity contribution in [2.75, 3.05) is 20.2 Å². The Labute approximate surface area is 259 Å². The molecule has 1 unspecified atom stereocenters. The molecule has 0 heterocycles. The number of carbonyl (C=O) groups is 2. The Kier molecular flexibility index (Phi) is 10.6. The summed E-state index contributed by atoms with van der Waals surface area (Å²) in [4.78, 5) is 29.2. The smallest absolute Gasteiger partial charge is 0.249 e. The largest absolute Gasteiger partial charge is 0.497 e. The van der Waals surface area contributed by atoms with Crippen molar-refractivity contribution in [3.05, 3.63) is 88.5 Å². The van der Waals surface area contributed by atoms with Crippen LogP contribution >= 0.6 is 0 Å². The Hall–Kier alpha value is -3.56. The molecule has 0 spiro atoms. The highest BCUT2D eigenvalue weighted by atomic mass is 19.1. The molecule has 0 saturated heterocycles. The SMILES string of the molecule is CCCN(CCC)C(=O)C1=CC(C)=CC(C(N)=O)([C@H](Cc2cc(F)cc(F)c2)[C@H](O)C2(NCc3cccc(OC)c3)CC2)C1. The van der Waals surface area contributed by atoms with Crippen molar-refractivity contribution in [3.8, 4) is 5.75 Å². The van der Waals surface area contributed by atoms with Crippen molar-refractivity contribution in [2.45, 2.75) is 77.5 Å². The van der Waals surface area contributed by atoms with E-state index in [2.05, 4.69) is 5.32 Å². The molecule has 238 valence electrons. The van der Waals surface area contributed by atoms with E-state index < -0.39 is 40.5 Å². The molecule has 44 heavy (non-hydrogen) atoms. The average molecular weight is 610 g/mol. The van der Waals surface area contributed by atoms with Crippen LogP contribution in [0.15, 0.2) is 65.8 Å². The van der Waals surface area contributed by atoms with Crippen LogP contribution in [0.3, 0.4) is 0 Å². The number of nitrogens with one attached hydrogen (secondary N) is 1. The standard InChI is InChI=1S/C35H45F2N3O4/c1-5-12-40(13-6-2)32(42)26-14-23(3)20-34(21-26,33(38)43)30(18-25-15-27(36)19-28(37)16-25)31(41)35(10-11-35)39-22-24-8-7-9-29(17-24)44-4/h7-9,14-17,19-20,30-31,39,41H,5-6,10-13,18,21-22H2,1-4H3,(H2,38,43)/t30-,31+,34?/m1/s1. The van der Waals surface area contributed by atoms with Gasteiger partial charge in [0, 0.05) is 42.7 Å². The van der Waals surface area contributed by atoms with Crippen LogP contribution in [0.4, 0.5) is 8.78 Å². The third-order valence-corrected chi connectivity index (χ3v) is 8.93. The number of aliphatic hydroxyl groups excluding tert-OH is 1. The lowest BCUT2D eigenvalue weighted by molar-refractivity contribution is -0.133. The monoisotopic (exact) mass is 609 g/mol. The van der Waals surface area contributed by atoms with Gasteiger partial charge in [0.1, 0.15) is 17.4 Å². The number of methoxy groups -OCH3 is 1. The summed E-state index contributed by atoms with van der Waals surface area (Å²) in [5.74, 6) is -2.55. The third-order valence-electron chi connectivity index (χ3n) is 8.93. The Morgan fingerprint density at radius 3 is 2.30 bits per heavy atom. The van der Waals surface area contributed by atoms with Crippen LogP contribution in [-0.2, 0) is 22.6 Å². The molecule has 1 saturated carbocycles. The van der Waals surface area contributed by atoms with Crippen molar-refractivity contribution >= 4 is 11.8 Å². The second kappa shape index (κ2) is 14.0. The van der Waals surface area contributed by atoms with Crippen molar-refractivity contribution < 1.29 is 28.2 Å². The molecule has 0 aliphatic heterocycles. The minimum atomic E-state index is -1.48. The zero-order valence-electron chi connectivity index (χ0n) is 26.2. The molecule has 4 rings (SSSR count). The van der Waals surface area contributed by atoms with E-state index in [0.29, 0.717) is 54.9 Å². The Morgan fingerprint density at radius 2 is 1.73 bits per heavy atom. The van der Waals surface area contributed by atoms with E-state index in [-0.39, 0.29) is 18.7 Å². The first-order valence-corrected chi connectivity index (χ1v) is 15.5. The number of halogens is 2.